The highest BCUT2D eigenvalue weighted by Crippen LogP contribution is 1.75. The molecule has 0 heterocycles. The summed E-state index contributed by atoms with van der Waals surface area (Å²) in [6, 6.07) is 0. The maximum Gasteiger partial charge on any atom is 0.221 e. The van der Waals surface area contributed by atoms with E-state index in [0.29, 0.717) is 6.42 Å². The van der Waals surface area contributed by atoms with Gasteiger partial charge in [-0.3, -0.25) is 4.79 Å². The van der Waals surface area contributed by atoms with Crippen LogP contribution >= 0.6 is 0 Å². The Bertz CT molecular complexity index is 93.6. The van der Waals surface area contributed by atoms with Crippen molar-refractivity contribution in [2.24, 2.45) is 0 Å². The number of rotatable bonds is 5. The maximum absolute atomic E-state index is 10.8. The van der Waals surface area contributed by atoms with E-state index in [9.17, 15) is 4.79 Å². The van der Waals surface area contributed by atoms with Crippen LogP contribution in [0.1, 0.15) is 20.3 Å². The Kier molecular flexibility index (Phi) is 6.18. The summed E-state index contributed by atoms with van der Waals surface area (Å²) in [6.07, 6.45) is 0.585. The number of hydrogen-bond acceptors (Lipinski definition) is 2. The highest BCUT2D eigenvalue weighted by molar-refractivity contribution is 5.75. The zero-order valence-electron chi connectivity index (χ0n) is 6.74. The molecule has 0 bridgehead atoms. The molecule has 0 fully saturated rings. The molecule has 0 aromatic heterocycles. The van der Waals surface area contributed by atoms with Crippen LogP contribution in [0.25, 0.3) is 0 Å². The second-order valence-electron chi connectivity index (χ2n) is 2.06. The molecule has 0 unspecified atom stereocenters. The highest BCUT2D eigenvalue weighted by atomic mass is 16.1. The third-order valence-corrected chi connectivity index (χ3v) is 1.15. The van der Waals surface area contributed by atoms with Gasteiger partial charge in [-0.15, -0.1) is 0 Å². The van der Waals surface area contributed by atoms with E-state index < -0.39 is 0 Å². The smallest absolute Gasteiger partial charge is 0.221 e. The first-order valence-electron chi connectivity index (χ1n) is 3.78. The summed E-state index contributed by atoms with van der Waals surface area (Å²) in [5.74, 6) is 0.128. The van der Waals surface area contributed by atoms with Crippen LogP contribution in [0.2, 0.25) is 0 Å². The maximum atomic E-state index is 10.8. The molecule has 0 saturated carbocycles. The van der Waals surface area contributed by atoms with Gasteiger partial charge in [0, 0.05) is 19.5 Å². The normalized spacial score (nSPS) is 9.40. The van der Waals surface area contributed by atoms with Crippen molar-refractivity contribution in [2.45, 2.75) is 20.3 Å². The second-order valence-corrected chi connectivity index (χ2v) is 2.06. The molecule has 0 aliphatic rings. The van der Waals surface area contributed by atoms with Gasteiger partial charge in [-0.05, 0) is 13.5 Å². The first-order valence-corrected chi connectivity index (χ1v) is 3.78. The van der Waals surface area contributed by atoms with Crippen LogP contribution < -0.4 is 10.6 Å². The SMILES string of the molecule is CCNCCC(=O)NCC. The highest BCUT2D eigenvalue weighted by Gasteiger charge is 1.95. The van der Waals surface area contributed by atoms with Crippen molar-refractivity contribution in [1.82, 2.24) is 10.6 Å². The minimum Gasteiger partial charge on any atom is -0.356 e. The molecule has 0 saturated heterocycles. The lowest BCUT2D eigenvalue weighted by Gasteiger charge is -2.01. The summed E-state index contributed by atoms with van der Waals surface area (Å²) in [5, 5.41) is 5.80. The van der Waals surface area contributed by atoms with Crippen molar-refractivity contribution in [3.63, 3.8) is 0 Å². The van der Waals surface area contributed by atoms with Gasteiger partial charge in [0.2, 0.25) is 5.91 Å². The lowest BCUT2D eigenvalue weighted by molar-refractivity contribution is -0.120. The summed E-state index contributed by atoms with van der Waals surface area (Å²) < 4.78 is 0. The van der Waals surface area contributed by atoms with Gasteiger partial charge >= 0.3 is 0 Å². The molecule has 0 radical (unpaired) electrons. The Balaban J connectivity index is 3.05. The van der Waals surface area contributed by atoms with Crippen molar-refractivity contribution in [3.05, 3.63) is 0 Å². The molecule has 0 aliphatic heterocycles. The van der Waals surface area contributed by atoms with E-state index in [0.717, 1.165) is 19.6 Å². The van der Waals surface area contributed by atoms with E-state index in [1.807, 2.05) is 13.8 Å². The first kappa shape index (κ1) is 9.43. The quantitative estimate of drug-likeness (QED) is 0.538. The van der Waals surface area contributed by atoms with E-state index in [-0.39, 0.29) is 5.91 Å². The average Bonchev–Trinajstić information content (AvgIpc) is 1.89. The van der Waals surface area contributed by atoms with Crippen LogP contribution in [0.3, 0.4) is 0 Å². The van der Waals surface area contributed by atoms with Crippen LogP contribution in [0.5, 0.6) is 0 Å². The van der Waals surface area contributed by atoms with E-state index in [1.165, 1.54) is 0 Å². The molecule has 60 valence electrons. The minimum absolute atomic E-state index is 0.128. The van der Waals surface area contributed by atoms with E-state index in [2.05, 4.69) is 10.6 Å². The molecule has 10 heavy (non-hydrogen) atoms. The summed E-state index contributed by atoms with van der Waals surface area (Å²) >= 11 is 0. The molecule has 0 aromatic rings. The van der Waals surface area contributed by atoms with E-state index in [4.69, 9.17) is 0 Å². The molecule has 1 amide bonds. The fraction of sp³-hybridized carbons (Fsp3) is 0.857. The van der Waals surface area contributed by atoms with Crippen LogP contribution in [0.4, 0.5) is 0 Å². The van der Waals surface area contributed by atoms with Crippen LogP contribution in [-0.2, 0) is 4.79 Å². The number of nitrogens with one attached hydrogen (secondary N) is 2. The summed E-state index contributed by atoms with van der Waals surface area (Å²) in [5.41, 5.74) is 0. The summed E-state index contributed by atoms with van der Waals surface area (Å²) in [6.45, 7) is 6.38. The first-order chi connectivity index (χ1) is 4.81. The fourth-order valence-corrected chi connectivity index (χ4v) is 0.664. The predicted molar refractivity (Wildman–Crippen MR) is 41.8 cm³/mol. The monoisotopic (exact) mass is 144 g/mol. The minimum atomic E-state index is 0.128. The predicted octanol–water partition coefficient (Wildman–Crippen LogP) is 0.122. The molecular weight excluding hydrogens is 128 g/mol. The Morgan fingerprint density at radius 3 is 2.50 bits per heavy atom. The van der Waals surface area contributed by atoms with E-state index in [1.54, 1.807) is 0 Å². The standard InChI is InChI=1S/C7H16N2O/c1-3-8-6-5-7(10)9-4-2/h8H,3-6H2,1-2H3,(H,9,10). The van der Waals surface area contributed by atoms with Crippen molar-refractivity contribution in [3.8, 4) is 0 Å². The molecular formula is C7H16N2O. The van der Waals surface area contributed by atoms with Crippen molar-refractivity contribution < 1.29 is 4.79 Å². The zero-order chi connectivity index (χ0) is 7.82. The number of amides is 1. The molecule has 0 aromatic carbocycles. The van der Waals surface area contributed by atoms with Crippen LogP contribution in [-0.4, -0.2) is 25.5 Å². The number of hydrogen-bond donors (Lipinski definition) is 2. The van der Waals surface area contributed by atoms with Gasteiger partial charge in [0.25, 0.3) is 0 Å². The molecule has 3 heteroatoms. The van der Waals surface area contributed by atoms with Gasteiger partial charge in [0.05, 0.1) is 0 Å². The van der Waals surface area contributed by atoms with Gasteiger partial charge < -0.3 is 10.6 Å². The van der Waals surface area contributed by atoms with Crippen LogP contribution in [0, 0.1) is 0 Å². The van der Waals surface area contributed by atoms with Crippen molar-refractivity contribution >= 4 is 5.91 Å². The fourth-order valence-electron chi connectivity index (χ4n) is 0.664. The average molecular weight is 144 g/mol. The van der Waals surface area contributed by atoms with Gasteiger partial charge in [0.1, 0.15) is 0 Å². The Labute approximate surface area is 62.2 Å². The van der Waals surface area contributed by atoms with Gasteiger partial charge in [-0.2, -0.15) is 0 Å². The molecule has 0 rings (SSSR count). The van der Waals surface area contributed by atoms with Crippen molar-refractivity contribution in [1.29, 1.82) is 0 Å². The Morgan fingerprint density at radius 1 is 1.30 bits per heavy atom. The Hall–Kier alpha value is -0.570. The zero-order valence-corrected chi connectivity index (χ0v) is 6.74. The van der Waals surface area contributed by atoms with Crippen molar-refractivity contribution in [2.75, 3.05) is 19.6 Å². The third-order valence-electron chi connectivity index (χ3n) is 1.15. The molecule has 0 atom stereocenters. The topological polar surface area (TPSA) is 41.1 Å². The van der Waals surface area contributed by atoms with Gasteiger partial charge in [0.15, 0.2) is 0 Å². The second kappa shape index (κ2) is 6.55. The van der Waals surface area contributed by atoms with E-state index >= 15 is 0 Å². The lowest BCUT2D eigenvalue weighted by Crippen LogP contribution is -2.27. The summed E-state index contributed by atoms with van der Waals surface area (Å²) in [7, 11) is 0. The molecule has 0 aliphatic carbocycles. The molecule has 0 spiro atoms. The number of carbonyl (C=O) groups is 1. The molecule has 3 nitrogen and oxygen atoms in total. The number of carbonyl (C=O) groups excluding carboxylic acids is 1. The van der Waals surface area contributed by atoms with Gasteiger partial charge in [-0.25, -0.2) is 0 Å². The largest absolute Gasteiger partial charge is 0.356 e. The third kappa shape index (κ3) is 5.56. The van der Waals surface area contributed by atoms with Gasteiger partial charge in [-0.1, -0.05) is 6.92 Å². The lowest BCUT2D eigenvalue weighted by atomic mass is 10.4. The molecule has 2 N–H and O–H groups in total. The summed E-state index contributed by atoms with van der Waals surface area (Å²) in [4.78, 5) is 10.8. The van der Waals surface area contributed by atoms with Crippen LogP contribution in [0.15, 0.2) is 0 Å². The Morgan fingerprint density at radius 2 is 2.00 bits per heavy atom.